The molecular formula is C23H35N3O. The van der Waals surface area contributed by atoms with E-state index in [4.69, 9.17) is 0 Å². The smallest absolute Gasteiger partial charge is 0.219 e. The fourth-order valence-electron chi connectivity index (χ4n) is 5.42. The Hall–Kier alpha value is -1.39. The minimum absolute atomic E-state index is 0.252. The van der Waals surface area contributed by atoms with E-state index < -0.39 is 0 Å². The first kappa shape index (κ1) is 18.9. The molecule has 0 aliphatic carbocycles. The van der Waals surface area contributed by atoms with Gasteiger partial charge < -0.3 is 9.80 Å². The lowest BCUT2D eigenvalue weighted by molar-refractivity contribution is -0.131. The summed E-state index contributed by atoms with van der Waals surface area (Å²) in [5.74, 6) is 1.12. The van der Waals surface area contributed by atoms with Crippen molar-refractivity contribution in [1.82, 2.24) is 14.7 Å². The van der Waals surface area contributed by atoms with E-state index in [9.17, 15) is 4.79 Å². The molecule has 1 spiro atoms. The van der Waals surface area contributed by atoms with Crippen molar-refractivity contribution in [3.63, 3.8) is 0 Å². The van der Waals surface area contributed by atoms with Crippen molar-refractivity contribution in [2.45, 2.75) is 45.6 Å². The van der Waals surface area contributed by atoms with Gasteiger partial charge in [-0.2, -0.15) is 0 Å². The van der Waals surface area contributed by atoms with Crippen molar-refractivity contribution in [2.75, 3.05) is 45.8 Å². The zero-order chi connectivity index (χ0) is 18.7. The van der Waals surface area contributed by atoms with Gasteiger partial charge in [0.1, 0.15) is 0 Å². The third kappa shape index (κ3) is 4.72. The molecule has 3 heterocycles. The number of rotatable bonds is 4. The lowest BCUT2D eigenvalue weighted by atomic mass is 9.78. The van der Waals surface area contributed by atoms with Crippen molar-refractivity contribution >= 4 is 5.91 Å². The molecule has 3 aliphatic rings. The van der Waals surface area contributed by atoms with Gasteiger partial charge in [0.05, 0.1) is 0 Å². The largest absolute Gasteiger partial charge is 0.343 e. The molecule has 3 aliphatic heterocycles. The van der Waals surface area contributed by atoms with Gasteiger partial charge in [-0.25, -0.2) is 0 Å². The summed E-state index contributed by atoms with van der Waals surface area (Å²) in [7, 11) is 0. The Kier molecular flexibility index (Phi) is 5.84. The molecule has 0 aromatic heterocycles. The van der Waals surface area contributed by atoms with Gasteiger partial charge in [-0.05, 0) is 68.6 Å². The number of carbonyl (C=O) groups excluding carboxylic acids is 1. The third-order valence-electron chi connectivity index (χ3n) is 7.26. The van der Waals surface area contributed by atoms with E-state index in [1.807, 2.05) is 4.90 Å². The molecule has 0 radical (unpaired) electrons. The Morgan fingerprint density at radius 2 is 1.63 bits per heavy atom. The predicted molar refractivity (Wildman–Crippen MR) is 109 cm³/mol. The van der Waals surface area contributed by atoms with Gasteiger partial charge in [0.15, 0.2) is 0 Å². The molecular weight excluding hydrogens is 334 g/mol. The number of carbonyl (C=O) groups is 1. The Labute approximate surface area is 164 Å². The van der Waals surface area contributed by atoms with E-state index >= 15 is 0 Å². The number of benzene rings is 1. The Bertz CT molecular complexity index is 616. The number of hydrogen-bond donors (Lipinski definition) is 0. The highest BCUT2D eigenvalue weighted by Crippen LogP contribution is 2.40. The molecule has 4 heteroatoms. The van der Waals surface area contributed by atoms with E-state index in [0.717, 1.165) is 25.6 Å². The first-order valence-corrected chi connectivity index (χ1v) is 10.9. The second kappa shape index (κ2) is 8.32. The molecule has 0 N–H and O–H groups in total. The summed E-state index contributed by atoms with van der Waals surface area (Å²) in [6.07, 6.45) is 6.44. The highest BCUT2D eigenvalue weighted by molar-refractivity contribution is 5.73. The third-order valence-corrected chi connectivity index (χ3v) is 7.26. The molecule has 1 aromatic carbocycles. The molecule has 1 aromatic rings. The second-order valence-corrected chi connectivity index (χ2v) is 9.20. The summed E-state index contributed by atoms with van der Waals surface area (Å²) < 4.78 is 0. The lowest BCUT2D eigenvalue weighted by Crippen LogP contribution is -2.44. The van der Waals surface area contributed by atoms with Crippen LogP contribution in [0.1, 0.15) is 44.6 Å². The molecule has 0 bridgehead atoms. The molecule has 3 saturated heterocycles. The molecule has 0 unspecified atom stereocenters. The number of nitrogens with zero attached hydrogens (tertiary/aromatic N) is 3. The zero-order valence-corrected chi connectivity index (χ0v) is 16.9. The number of piperidine rings is 2. The number of hydrogen-bond acceptors (Lipinski definition) is 3. The monoisotopic (exact) mass is 369 g/mol. The van der Waals surface area contributed by atoms with E-state index in [-0.39, 0.29) is 5.91 Å². The maximum absolute atomic E-state index is 11.6. The fourth-order valence-corrected chi connectivity index (χ4v) is 5.42. The van der Waals surface area contributed by atoms with Crippen molar-refractivity contribution in [3.8, 4) is 0 Å². The average molecular weight is 370 g/mol. The maximum atomic E-state index is 11.6. The molecule has 4 rings (SSSR count). The van der Waals surface area contributed by atoms with E-state index in [2.05, 4.69) is 40.1 Å². The summed E-state index contributed by atoms with van der Waals surface area (Å²) >= 11 is 0. The average Bonchev–Trinajstić information content (AvgIpc) is 3.06. The molecule has 4 nitrogen and oxygen atoms in total. The van der Waals surface area contributed by atoms with Crippen LogP contribution in [0.25, 0.3) is 0 Å². The molecule has 0 saturated carbocycles. The summed E-state index contributed by atoms with van der Waals surface area (Å²) in [5.41, 5.74) is 1.94. The Morgan fingerprint density at radius 1 is 0.963 bits per heavy atom. The van der Waals surface area contributed by atoms with Crippen LogP contribution < -0.4 is 0 Å². The van der Waals surface area contributed by atoms with Gasteiger partial charge in [-0.15, -0.1) is 0 Å². The Balaban J connectivity index is 1.20. The highest BCUT2D eigenvalue weighted by atomic mass is 16.2. The lowest BCUT2D eigenvalue weighted by Gasteiger charge is -2.39. The van der Waals surface area contributed by atoms with Gasteiger partial charge in [0.2, 0.25) is 5.91 Å². The standard InChI is InChI=1S/C23H35N3O/c1-20(27)26-15-10-23(11-16-26)9-14-25(19-23)18-22-7-12-24(13-8-22)17-21-5-3-2-4-6-21/h2-6,22H,7-19H2,1H3. The summed E-state index contributed by atoms with van der Waals surface area (Å²) in [6, 6.07) is 10.9. The van der Waals surface area contributed by atoms with Crippen LogP contribution >= 0.6 is 0 Å². The second-order valence-electron chi connectivity index (χ2n) is 9.20. The Morgan fingerprint density at radius 3 is 2.30 bits per heavy atom. The molecule has 27 heavy (non-hydrogen) atoms. The summed E-state index contributed by atoms with van der Waals surface area (Å²) in [6.45, 7) is 11.1. The molecule has 0 atom stereocenters. The van der Waals surface area contributed by atoms with Crippen molar-refractivity contribution in [1.29, 1.82) is 0 Å². The van der Waals surface area contributed by atoms with Crippen LogP contribution in [0.2, 0.25) is 0 Å². The van der Waals surface area contributed by atoms with Gasteiger partial charge >= 0.3 is 0 Å². The van der Waals surface area contributed by atoms with Gasteiger partial charge in [0, 0.05) is 39.6 Å². The molecule has 1 amide bonds. The minimum atomic E-state index is 0.252. The van der Waals surface area contributed by atoms with Crippen LogP contribution in [0.5, 0.6) is 0 Å². The van der Waals surface area contributed by atoms with Crippen molar-refractivity contribution < 1.29 is 4.79 Å². The van der Waals surface area contributed by atoms with Crippen LogP contribution in [0.3, 0.4) is 0 Å². The minimum Gasteiger partial charge on any atom is -0.343 e. The van der Waals surface area contributed by atoms with E-state index in [1.54, 1.807) is 6.92 Å². The SMILES string of the molecule is CC(=O)N1CCC2(CCN(CC3CCN(Cc4ccccc4)CC3)C2)CC1. The van der Waals surface area contributed by atoms with Crippen molar-refractivity contribution in [3.05, 3.63) is 35.9 Å². The predicted octanol–water partition coefficient (Wildman–Crippen LogP) is 3.23. The first-order valence-electron chi connectivity index (χ1n) is 10.9. The van der Waals surface area contributed by atoms with Crippen molar-refractivity contribution in [2.24, 2.45) is 11.3 Å². The normalized spacial score (nSPS) is 24.6. The van der Waals surface area contributed by atoms with Crippen LogP contribution in [0.4, 0.5) is 0 Å². The van der Waals surface area contributed by atoms with Gasteiger partial charge in [-0.3, -0.25) is 9.69 Å². The summed E-state index contributed by atoms with van der Waals surface area (Å²) in [5, 5.41) is 0. The number of likely N-dealkylation sites (tertiary alicyclic amines) is 3. The zero-order valence-electron chi connectivity index (χ0n) is 16.9. The maximum Gasteiger partial charge on any atom is 0.219 e. The fraction of sp³-hybridized carbons (Fsp3) is 0.696. The van der Waals surface area contributed by atoms with Crippen LogP contribution in [-0.2, 0) is 11.3 Å². The van der Waals surface area contributed by atoms with E-state index in [0.29, 0.717) is 5.41 Å². The van der Waals surface area contributed by atoms with Gasteiger partial charge in [-0.1, -0.05) is 30.3 Å². The first-order chi connectivity index (χ1) is 13.1. The number of amides is 1. The molecule has 3 fully saturated rings. The quantitative estimate of drug-likeness (QED) is 0.815. The van der Waals surface area contributed by atoms with Gasteiger partial charge in [0.25, 0.3) is 0 Å². The molecule has 148 valence electrons. The van der Waals surface area contributed by atoms with Crippen LogP contribution in [0, 0.1) is 11.3 Å². The van der Waals surface area contributed by atoms with Crippen LogP contribution in [-0.4, -0.2) is 66.4 Å². The highest BCUT2D eigenvalue weighted by Gasteiger charge is 2.41. The summed E-state index contributed by atoms with van der Waals surface area (Å²) in [4.78, 5) is 19.0. The van der Waals surface area contributed by atoms with E-state index in [1.165, 1.54) is 70.4 Å². The topological polar surface area (TPSA) is 26.8 Å². The van der Waals surface area contributed by atoms with Crippen LogP contribution in [0.15, 0.2) is 30.3 Å².